The minimum Gasteiger partial charge on any atom is -0.497 e. The number of methoxy groups -OCH3 is 1. The Bertz CT molecular complexity index is 436. The van der Waals surface area contributed by atoms with Crippen LogP contribution in [0.2, 0.25) is 0 Å². The molecule has 4 nitrogen and oxygen atoms in total. The fourth-order valence-electron chi connectivity index (χ4n) is 1.28. The molecule has 0 amide bonds. The third-order valence-electron chi connectivity index (χ3n) is 1.98. The summed E-state index contributed by atoms with van der Waals surface area (Å²) < 4.78 is 5.12. The third-order valence-corrected chi connectivity index (χ3v) is 1.98. The van der Waals surface area contributed by atoms with E-state index < -0.39 is 0 Å². The highest BCUT2D eigenvalue weighted by Crippen LogP contribution is 2.22. The van der Waals surface area contributed by atoms with E-state index in [4.69, 9.17) is 10.5 Å². The molecule has 1 aromatic heterocycles. The average molecular weight is 189 g/mol. The van der Waals surface area contributed by atoms with Crippen molar-refractivity contribution in [3.63, 3.8) is 0 Å². The predicted octanol–water partition coefficient (Wildman–Crippen LogP) is 1.67. The second-order valence-corrected chi connectivity index (χ2v) is 2.94. The number of aromatic amines is 1. The number of benzene rings is 1. The van der Waals surface area contributed by atoms with Gasteiger partial charge in [0.1, 0.15) is 11.6 Å². The molecule has 1 heterocycles. The fraction of sp³-hybridized carbons (Fsp3) is 0.100. The van der Waals surface area contributed by atoms with E-state index in [9.17, 15) is 0 Å². The number of nitrogens with two attached hydrogens (primary N) is 1. The van der Waals surface area contributed by atoms with Gasteiger partial charge < -0.3 is 10.5 Å². The molecule has 0 saturated heterocycles. The Balaban J connectivity index is 2.41. The van der Waals surface area contributed by atoms with Crippen LogP contribution in [0.15, 0.2) is 30.3 Å². The monoisotopic (exact) mass is 189 g/mol. The number of ether oxygens (including phenoxy) is 1. The molecule has 0 bridgehead atoms. The van der Waals surface area contributed by atoms with Crippen LogP contribution in [0.25, 0.3) is 11.3 Å². The summed E-state index contributed by atoms with van der Waals surface area (Å²) in [6.07, 6.45) is 0. The lowest BCUT2D eigenvalue weighted by molar-refractivity contribution is 0.415. The first-order valence-corrected chi connectivity index (χ1v) is 4.25. The quantitative estimate of drug-likeness (QED) is 0.755. The van der Waals surface area contributed by atoms with Crippen molar-refractivity contribution in [2.24, 2.45) is 0 Å². The van der Waals surface area contributed by atoms with Crippen LogP contribution in [-0.4, -0.2) is 17.3 Å². The van der Waals surface area contributed by atoms with Crippen molar-refractivity contribution in [2.75, 3.05) is 12.8 Å². The Labute approximate surface area is 81.7 Å². The molecule has 14 heavy (non-hydrogen) atoms. The number of H-pyrrole nitrogens is 1. The van der Waals surface area contributed by atoms with E-state index in [2.05, 4.69) is 10.2 Å². The maximum atomic E-state index is 5.51. The molecular formula is C10H11N3O. The fourth-order valence-corrected chi connectivity index (χ4v) is 1.28. The molecule has 1 aromatic carbocycles. The van der Waals surface area contributed by atoms with Crippen LogP contribution in [-0.2, 0) is 0 Å². The Morgan fingerprint density at radius 3 is 2.86 bits per heavy atom. The lowest BCUT2D eigenvalue weighted by Crippen LogP contribution is -1.83. The number of aromatic nitrogens is 2. The number of nitrogens with zero attached hydrogens (tertiary/aromatic N) is 1. The van der Waals surface area contributed by atoms with E-state index in [1.54, 1.807) is 13.2 Å². The predicted molar refractivity (Wildman–Crippen MR) is 55.0 cm³/mol. The maximum Gasteiger partial charge on any atom is 0.145 e. The van der Waals surface area contributed by atoms with Gasteiger partial charge in [0.05, 0.1) is 12.8 Å². The van der Waals surface area contributed by atoms with Crippen LogP contribution in [0.3, 0.4) is 0 Å². The van der Waals surface area contributed by atoms with E-state index in [0.717, 1.165) is 17.0 Å². The molecule has 0 radical (unpaired) electrons. The van der Waals surface area contributed by atoms with Crippen LogP contribution in [0.5, 0.6) is 5.75 Å². The number of rotatable bonds is 2. The Morgan fingerprint density at radius 2 is 2.21 bits per heavy atom. The van der Waals surface area contributed by atoms with Gasteiger partial charge in [-0.15, -0.1) is 0 Å². The van der Waals surface area contributed by atoms with Crippen molar-refractivity contribution in [3.8, 4) is 17.0 Å². The molecule has 0 unspecified atom stereocenters. The molecule has 4 heteroatoms. The summed E-state index contributed by atoms with van der Waals surface area (Å²) in [6, 6.07) is 9.49. The second kappa shape index (κ2) is 3.41. The van der Waals surface area contributed by atoms with Crippen molar-refractivity contribution in [2.45, 2.75) is 0 Å². The highest BCUT2D eigenvalue weighted by atomic mass is 16.5. The van der Waals surface area contributed by atoms with Gasteiger partial charge in [-0.3, -0.25) is 5.10 Å². The summed E-state index contributed by atoms with van der Waals surface area (Å²) in [7, 11) is 1.64. The number of hydrogen-bond acceptors (Lipinski definition) is 3. The standard InChI is InChI=1S/C10H11N3O/c1-14-8-4-2-3-7(5-8)9-6-10(11)13-12-9/h2-6H,1H3,(H3,11,12,13). The van der Waals surface area contributed by atoms with Gasteiger partial charge in [0.2, 0.25) is 0 Å². The van der Waals surface area contributed by atoms with Gasteiger partial charge in [-0.05, 0) is 12.1 Å². The largest absolute Gasteiger partial charge is 0.497 e. The minimum absolute atomic E-state index is 0.489. The van der Waals surface area contributed by atoms with E-state index in [1.165, 1.54) is 0 Å². The molecule has 0 fully saturated rings. The van der Waals surface area contributed by atoms with E-state index >= 15 is 0 Å². The van der Waals surface area contributed by atoms with Crippen molar-refractivity contribution in [1.29, 1.82) is 0 Å². The molecule has 2 rings (SSSR count). The molecule has 0 aliphatic carbocycles. The Morgan fingerprint density at radius 1 is 1.36 bits per heavy atom. The van der Waals surface area contributed by atoms with Gasteiger partial charge in [0, 0.05) is 11.6 Å². The van der Waals surface area contributed by atoms with Gasteiger partial charge in [-0.25, -0.2) is 0 Å². The average Bonchev–Trinajstić information content (AvgIpc) is 2.65. The van der Waals surface area contributed by atoms with Crippen LogP contribution in [0.4, 0.5) is 5.82 Å². The topological polar surface area (TPSA) is 63.9 Å². The van der Waals surface area contributed by atoms with Gasteiger partial charge in [-0.1, -0.05) is 12.1 Å². The summed E-state index contributed by atoms with van der Waals surface area (Å²) >= 11 is 0. The van der Waals surface area contributed by atoms with Gasteiger partial charge in [-0.2, -0.15) is 5.10 Å². The summed E-state index contributed by atoms with van der Waals surface area (Å²) in [5.41, 5.74) is 7.41. The molecule has 0 aliphatic heterocycles. The van der Waals surface area contributed by atoms with Gasteiger partial charge in [0.25, 0.3) is 0 Å². The second-order valence-electron chi connectivity index (χ2n) is 2.94. The third kappa shape index (κ3) is 1.54. The zero-order valence-corrected chi connectivity index (χ0v) is 7.82. The summed E-state index contributed by atoms with van der Waals surface area (Å²) in [5, 5.41) is 6.70. The zero-order valence-electron chi connectivity index (χ0n) is 7.82. The van der Waals surface area contributed by atoms with E-state index in [-0.39, 0.29) is 0 Å². The Hall–Kier alpha value is -1.97. The minimum atomic E-state index is 0.489. The molecule has 72 valence electrons. The van der Waals surface area contributed by atoms with Crippen LogP contribution < -0.4 is 10.5 Å². The smallest absolute Gasteiger partial charge is 0.145 e. The van der Waals surface area contributed by atoms with E-state index in [1.807, 2.05) is 24.3 Å². The lowest BCUT2D eigenvalue weighted by atomic mass is 10.1. The molecule has 2 aromatic rings. The first-order chi connectivity index (χ1) is 6.79. The number of nitrogen functional groups attached to an aromatic ring is 1. The SMILES string of the molecule is COc1cccc(-c2cc(N)n[nH]2)c1. The van der Waals surface area contributed by atoms with Crippen molar-refractivity contribution >= 4 is 5.82 Å². The summed E-state index contributed by atoms with van der Waals surface area (Å²) in [5.74, 6) is 1.30. The van der Waals surface area contributed by atoms with E-state index in [0.29, 0.717) is 5.82 Å². The number of hydrogen-bond donors (Lipinski definition) is 2. The zero-order chi connectivity index (χ0) is 9.97. The van der Waals surface area contributed by atoms with Crippen molar-refractivity contribution in [1.82, 2.24) is 10.2 Å². The van der Waals surface area contributed by atoms with Crippen molar-refractivity contribution < 1.29 is 4.74 Å². The molecule has 0 spiro atoms. The number of nitrogens with one attached hydrogen (secondary N) is 1. The first-order valence-electron chi connectivity index (χ1n) is 4.25. The normalized spacial score (nSPS) is 10.1. The summed E-state index contributed by atoms with van der Waals surface area (Å²) in [6.45, 7) is 0. The highest BCUT2D eigenvalue weighted by Gasteiger charge is 2.01. The molecular weight excluding hydrogens is 178 g/mol. The van der Waals surface area contributed by atoms with Crippen LogP contribution in [0.1, 0.15) is 0 Å². The molecule has 0 aliphatic rings. The van der Waals surface area contributed by atoms with Crippen molar-refractivity contribution in [3.05, 3.63) is 30.3 Å². The van der Waals surface area contributed by atoms with Crippen LogP contribution >= 0.6 is 0 Å². The number of anilines is 1. The highest BCUT2D eigenvalue weighted by molar-refractivity contribution is 5.63. The van der Waals surface area contributed by atoms with Gasteiger partial charge >= 0.3 is 0 Å². The summed E-state index contributed by atoms with van der Waals surface area (Å²) in [4.78, 5) is 0. The maximum absolute atomic E-state index is 5.51. The molecule has 0 atom stereocenters. The molecule has 0 saturated carbocycles. The van der Waals surface area contributed by atoms with Gasteiger partial charge in [0.15, 0.2) is 0 Å². The Kier molecular flexibility index (Phi) is 2.10. The lowest BCUT2D eigenvalue weighted by Gasteiger charge is -2.01. The molecule has 3 N–H and O–H groups in total. The first kappa shape index (κ1) is 8.62. The van der Waals surface area contributed by atoms with Crippen LogP contribution in [0, 0.1) is 0 Å².